The van der Waals surface area contributed by atoms with Crippen LogP contribution >= 0.6 is 0 Å². The van der Waals surface area contributed by atoms with Crippen molar-refractivity contribution in [1.82, 2.24) is 0 Å². The zero-order chi connectivity index (χ0) is 13.2. The predicted octanol–water partition coefficient (Wildman–Crippen LogP) is 2.83. The summed E-state index contributed by atoms with van der Waals surface area (Å²) in [7, 11) is 0. The number of carbonyl (C=O) groups excluding carboxylic acids is 1. The number of hydrogen-bond acceptors (Lipinski definition) is 4. The Hall–Kier alpha value is -2.62. The molecule has 0 bridgehead atoms. The second-order valence-electron chi connectivity index (χ2n) is 4.22. The van der Waals surface area contributed by atoms with Crippen molar-refractivity contribution in [2.24, 2.45) is 5.16 Å². The van der Waals surface area contributed by atoms with Crippen molar-refractivity contribution in [1.29, 1.82) is 0 Å². The Labute approximate surface area is 109 Å². The molecule has 4 heteroatoms. The van der Waals surface area contributed by atoms with Crippen LogP contribution in [0.1, 0.15) is 22.0 Å². The van der Waals surface area contributed by atoms with Crippen LogP contribution in [0.4, 0.5) is 0 Å². The lowest BCUT2D eigenvalue weighted by Crippen LogP contribution is -2.32. The Balaban J connectivity index is 2.11. The molecule has 2 aromatic rings. The molecule has 1 aliphatic heterocycles. The van der Waals surface area contributed by atoms with E-state index in [1.807, 2.05) is 30.3 Å². The van der Waals surface area contributed by atoms with E-state index in [-0.39, 0.29) is 11.5 Å². The number of rotatable bonds is 1. The van der Waals surface area contributed by atoms with Gasteiger partial charge in [-0.15, -0.1) is 0 Å². The normalized spacial score (nSPS) is 19.9. The Bertz CT molecular complexity index is 649. The molecular weight excluding hydrogens is 242 g/mol. The zero-order valence-electron chi connectivity index (χ0n) is 9.98. The second kappa shape index (κ2) is 4.57. The largest absolute Gasteiger partial charge is 0.478 e. The molecule has 0 radical (unpaired) electrons. The zero-order valence-corrected chi connectivity index (χ0v) is 9.98. The molecule has 19 heavy (non-hydrogen) atoms. The molecule has 0 saturated heterocycles. The maximum absolute atomic E-state index is 12.3. The number of oxime groups is 1. The van der Waals surface area contributed by atoms with Crippen LogP contribution < -0.4 is 4.74 Å². The third-order valence-corrected chi connectivity index (χ3v) is 3.07. The summed E-state index contributed by atoms with van der Waals surface area (Å²) in [5.74, 6) is 0.201. The first-order valence-electron chi connectivity index (χ1n) is 5.88. The van der Waals surface area contributed by atoms with E-state index in [9.17, 15) is 4.79 Å². The van der Waals surface area contributed by atoms with Gasteiger partial charge in [0, 0.05) is 0 Å². The fourth-order valence-electron chi connectivity index (χ4n) is 2.15. The average molecular weight is 253 g/mol. The number of hydrogen-bond donors (Lipinski definition) is 1. The molecule has 1 atom stereocenters. The fraction of sp³-hybridized carbons (Fsp3) is 0.0667. The summed E-state index contributed by atoms with van der Waals surface area (Å²) >= 11 is 0. The number of para-hydroxylation sites is 1. The molecule has 0 fully saturated rings. The summed E-state index contributed by atoms with van der Waals surface area (Å²) < 4.78 is 5.78. The van der Waals surface area contributed by atoms with Gasteiger partial charge in [0.2, 0.25) is 5.78 Å². The highest BCUT2D eigenvalue weighted by atomic mass is 16.5. The minimum Gasteiger partial charge on any atom is -0.478 e. The molecule has 1 heterocycles. The lowest BCUT2D eigenvalue weighted by Gasteiger charge is -2.25. The summed E-state index contributed by atoms with van der Waals surface area (Å²) in [6.45, 7) is 0. The van der Waals surface area contributed by atoms with Crippen LogP contribution in [-0.4, -0.2) is 16.7 Å². The monoisotopic (exact) mass is 253 g/mol. The van der Waals surface area contributed by atoms with Gasteiger partial charge in [-0.25, -0.2) is 0 Å². The topological polar surface area (TPSA) is 58.9 Å². The van der Waals surface area contributed by atoms with Crippen molar-refractivity contribution in [3.63, 3.8) is 0 Å². The summed E-state index contributed by atoms with van der Waals surface area (Å²) in [5, 5.41) is 12.2. The Kier molecular flexibility index (Phi) is 2.76. The number of benzene rings is 2. The Morgan fingerprint density at radius 3 is 2.42 bits per heavy atom. The lowest BCUT2D eigenvalue weighted by atomic mass is 9.94. The van der Waals surface area contributed by atoms with E-state index in [0.29, 0.717) is 11.3 Å². The van der Waals surface area contributed by atoms with Gasteiger partial charge in [-0.2, -0.15) is 0 Å². The van der Waals surface area contributed by atoms with Gasteiger partial charge in [0.25, 0.3) is 0 Å². The van der Waals surface area contributed by atoms with Crippen LogP contribution in [0.15, 0.2) is 59.8 Å². The van der Waals surface area contributed by atoms with Crippen molar-refractivity contribution in [2.75, 3.05) is 0 Å². The Morgan fingerprint density at radius 1 is 1.00 bits per heavy atom. The fourth-order valence-corrected chi connectivity index (χ4v) is 2.15. The highest BCUT2D eigenvalue weighted by Crippen LogP contribution is 2.33. The highest BCUT2D eigenvalue weighted by Gasteiger charge is 2.34. The summed E-state index contributed by atoms with van der Waals surface area (Å²) in [6.07, 6.45) is -0.673. The number of nitrogens with zero attached hydrogens (tertiary/aromatic N) is 1. The van der Waals surface area contributed by atoms with Gasteiger partial charge in [-0.1, -0.05) is 47.6 Å². The highest BCUT2D eigenvalue weighted by molar-refractivity contribution is 6.48. The first kappa shape index (κ1) is 11.5. The third kappa shape index (κ3) is 1.87. The molecule has 0 spiro atoms. The summed E-state index contributed by atoms with van der Waals surface area (Å²) in [4.78, 5) is 12.3. The van der Waals surface area contributed by atoms with Gasteiger partial charge in [0.1, 0.15) is 5.75 Å². The van der Waals surface area contributed by atoms with E-state index < -0.39 is 6.10 Å². The van der Waals surface area contributed by atoms with Gasteiger partial charge in [-0.3, -0.25) is 4.79 Å². The molecule has 1 aliphatic rings. The van der Waals surface area contributed by atoms with Crippen LogP contribution in [0.25, 0.3) is 0 Å². The number of Topliss-reactive ketones (excluding diaryl/α,β-unsaturated/α-hetero) is 1. The molecule has 1 unspecified atom stereocenters. The van der Waals surface area contributed by atoms with Crippen LogP contribution in [0.5, 0.6) is 5.75 Å². The van der Waals surface area contributed by atoms with Gasteiger partial charge in [-0.05, 0) is 17.7 Å². The Morgan fingerprint density at radius 2 is 1.68 bits per heavy atom. The van der Waals surface area contributed by atoms with Gasteiger partial charge in [0.05, 0.1) is 5.56 Å². The molecule has 3 rings (SSSR count). The van der Waals surface area contributed by atoms with Crippen LogP contribution in [0.3, 0.4) is 0 Å². The van der Waals surface area contributed by atoms with E-state index in [1.54, 1.807) is 24.3 Å². The smallest absolute Gasteiger partial charge is 0.218 e. The molecule has 94 valence electrons. The maximum atomic E-state index is 12.3. The molecule has 2 aromatic carbocycles. The summed E-state index contributed by atoms with van der Waals surface area (Å²) in [5.41, 5.74) is 1.20. The van der Waals surface area contributed by atoms with Gasteiger partial charge < -0.3 is 9.94 Å². The van der Waals surface area contributed by atoms with Crippen LogP contribution in [-0.2, 0) is 0 Å². The number of ether oxygens (including phenoxy) is 1. The number of ketones is 1. The molecule has 0 amide bonds. The second-order valence-corrected chi connectivity index (χ2v) is 4.22. The van der Waals surface area contributed by atoms with E-state index >= 15 is 0 Å². The van der Waals surface area contributed by atoms with Crippen molar-refractivity contribution in [3.05, 3.63) is 65.7 Å². The van der Waals surface area contributed by atoms with Crippen LogP contribution in [0.2, 0.25) is 0 Å². The predicted molar refractivity (Wildman–Crippen MR) is 69.8 cm³/mol. The molecular formula is C15H11NO3. The average Bonchev–Trinajstić information content (AvgIpc) is 2.48. The lowest BCUT2D eigenvalue weighted by molar-refractivity contribution is 0.102. The van der Waals surface area contributed by atoms with Crippen molar-refractivity contribution in [3.8, 4) is 5.75 Å². The summed E-state index contributed by atoms with van der Waals surface area (Å²) in [6, 6.07) is 16.2. The first-order valence-corrected chi connectivity index (χ1v) is 5.88. The number of carbonyl (C=O) groups is 1. The first-order chi connectivity index (χ1) is 9.31. The quantitative estimate of drug-likeness (QED) is 0.628. The van der Waals surface area contributed by atoms with E-state index in [4.69, 9.17) is 9.94 Å². The van der Waals surface area contributed by atoms with Crippen molar-refractivity contribution in [2.45, 2.75) is 6.10 Å². The minimum atomic E-state index is -0.673. The standard InChI is InChI=1S/C15H11NO3/c17-14-11-8-4-5-9-12(11)19-15(13(14)16-18)10-6-2-1-3-7-10/h1-9,15,18H/b16-13+. The number of fused-ring (bicyclic) bond motifs is 1. The minimum absolute atomic E-state index is 0.00454. The molecule has 0 aliphatic carbocycles. The van der Waals surface area contributed by atoms with E-state index in [2.05, 4.69) is 5.16 Å². The third-order valence-electron chi connectivity index (χ3n) is 3.07. The van der Waals surface area contributed by atoms with Gasteiger partial charge >= 0.3 is 0 Å². The molecule has 0 aromatic heterocycles. The van der Waals surface area contributed by atoms with Gasteiger partial charge in [0.15, 0.2) is 11.8 Å². The van der Waals surface area contributed by atoms with Crippen LogP contribution in [0, 0.1) is 0 Å². The molecule has 4 nitrogen and oxygen atoms in total. The SMILES string of the molecule is O=C1/C(=N\O)C(c2ccccc2)Oc2ccccc21. The molecule has 1 N–H and O–H groups in total. The molecule has 0 saturated carbocycles. The van der Waals surface area contributed by atoms with Crippen molar-refractivity contribution < 1.29 is 14.7 Å². The maximum Gasteiger partial charge on any atom is 0.218 e. The van der Waals surface area contributed by atoms with Crippen molar-refractivity contribution >= 4 is 11.5 Å². The van der Waals surface area contributed by atoms with E-state index in [1.165, 1.54) is 0 Å². The van der Waals surface area contributed by atoms with E-state index in [0.717, 1.165) is 5.56 Å².